The molecule has 2 unspecified atom stereocenters. The monoisotopic (exact) mass is 596 g/mol. The highest BCUT2D eigenvalue weighted by molar-refractivity contribution is 14.1. The number of nitrogens with zero attached hydrogens (tertiary/aromatic N) is 5. The number of halogens is 3. The molecule has 3 atom stereocenters. The molecular formula is C21H19BrFIN6O. The molecule has 1 aliphatic rings. The molecular weight excluding hydrogens is 578 g/mol. The summed E-state index contributed by atoms with van der Waals surface area (Å²) in [5, 5.41) is 14.2. The summed E-state index contributed by atoms with van der Waals surface area (Å²) in [6.07, 6.45) is 1.17. The fraction of sp³-hybridized carbons (Fsp3) is 0.286. The molecule has 2 aromatic heterocycles. The van der Waals surface area contributed by atoms with Crippen molar-refractivity contribution in [3.63, 3.8) is 0 Å². The van der Waals surface area contributed by atoms with Gasteiger partial charge in [0.25, 0.3) is 0 Å². The number of rotatable bonds is 6. The molecule has 0 amide bonds. The number of ether oxygens (including phenoxy) is 1. The van der Waals surface area contributed by atoms with E-state index in [9.17, 15) is 9.65 Å². The molecule has 1 fully saturated rings. The van der Waals surface area contributed by atoms with E-state index in [0.717, 1.165) is 21.4 Å². The summed E-state index contributed by atoms with van der Waals surface area (Å²) in [4.78, 5) is 6.79. The third-order valence-electron chi connectivity index (χ3n) is 5.10. The van der Waals surface area contributed by atoms with Crippen molar-refractivity contribution in [3.8, 4) is 22.9 Å². The summed E-state index contributed by atoms with van der Waals surface area (Å²) in [6.45, 7) is 3.37. The van der Waals surface area contributed by atoms with E-state index in [1.807, 2.05) is 6.92 Å². The molecule has 4 rings (SSSR count). The highest BCUT2D eigenvalue weighted by atomic mass is 127. The summed E-state index contributed by atoms with van der Waals surface area (Å²) in [5.74, 6) is 0.260. The molecule has 0 bridgehead atoms. The van der Waals surface area contributed by atoms with E-state index < -0.39 is 6.10 Å². The van der Waals surface area contributed by atoms with Crippen LogP contribution in [-0.4, -0.2) is 31.2 Å². The van der Waals surface area contributed by atoms with E-state index in [0.29, 0.717) is 34.1 Å². The number of benzene rings is 1. The average molecular weight is 597 g/mol. The van der Waals surface area contributed by atoms with Crippen molar-refractivity contribution in [2.45, 2.75) is 24.5 Å². The van der Waals surface area contributed by atoms with E-state index in [1.165, 1.54) is 12.1 Å². The van der Waals surface area contributed by atoms with Gasteiger partial charge in [-0.15, -0.1) is 0 Å². The van der Waals surface area contributed by atoms with Crippen molar-refractivity contribution in [3.05, 3.63) is 56.8 Å². The standard InChI is InChI=1S/C21H19BrFIN6O/c1-11(14-6-13(23)3-4-15(14)24)31-18-5-12(8-27-21(18)26)20-16(9-30-10-19(30)22)28-29(2)17(20)7-25/h3-6,8,11,19H,9-10H2,1-2H3,(H2,26,27)/t11-,19?,30?/m1/s1. The lowest BCUT2D eigenvalue weighted by Crippen LogP contribution is -2.08. The van der Waals surface area contributed by atoms with Gasteiger partial charge in [-0.3, -0.25) is 9.58 Å². The van der Waals surface area contributed by atoms with Gasteiger partial charge in [-0.1, -0.05) is 15.9 Å². The highest BCUT2D eigenvalue weighted by Crippen LogP contribution is 2.36. The van der Waals surface area contributed by atoms with Gasteiger partial charge in [-0.05, 0) is 53.8 Å². The molecule has 160 valence electrons. The fourth-order valence-electron chi connectivity index (χ4n) is 3.39. The molecule has 3 aromatic rings. The van der Waals surface area contributed by atoms with Gasteiger partial charge in [-0.25, -0.2) is 9.37 Å². The zero-order valence-corrected chi connectivity index (χ0v) is 20.6. The number of nitrogens with two attached hydrogens (primary N) is 1. The van der Waals surface area contributed by atoms with Gasteiger partial charge in [0.05, 0.1) is 10.6 Å². The van der Waals surface area contributed by atoms with Crippen LogP contribution in [0.25, 0.3) is 11.1 Å². The molecule has 1 aromatic carbocycles. The third-order valence-corrected chi connectivity index (χ3v) is 6.95. The van der Waals surface area contributed by atoms with Gasteiger partial charge in [0.2, 0.25) is 0 Å². The summed E-state index contributed by atoms with van der Waals surface area (Å²) in [6, 6.07) is 8.56. The Kier molecular flexibility index (Phi) is 6.18. The quantitative estimate of drug-likeness (QED) is 0.197. The number of nitrogen functional groups attached to an aromatic ring is 1. The zero-order valence-electron chi connectivity index (χ0n) is 16.8. The van der Waals surface area contributed by atoms with Crippen LogP contribution < -0.4 is 10.5 Å². The van der Waals surface area contributed by atoms with Gasteiger partial charge in [-0.2, -0.15) is 10.4 Å². The molecule has 7 nitrogen and oxygen atoms in total. The lowest BCUT2D eigenvalue weighted by Gasteiger charge is -2.18. The maximum Gasteiger partial charge on any atom is 0.166 e. The Bertz CT molecular complexity index is 1190. The second-order valence-corrected chi connectivity index (χ2v) is 9.52. The van der Waals surface area contributed by atoms with Crippen LogP contribution in [-0.2, 0) is 13.6 Å². The largest absolute Gasteiger partial charge is 0.482 e. The number of nitriles is 1. The maximum absolute atomic E-state index is 13.7. The Morgan fingerprint density at radius 3 is 2.87 bits per heavy atom. The summed E-state index contributed by atoms with van der Waals surface area (Å²) in [7, 11) is 1.75. The van der Waals surface area contributed by atoms with E-state index in [2.05, 4.69) is 59.6 Å². The topological polar surface area (TPSA) is 92.8 Å². The summed E-state index contributed by atoms with van der Waals surface area (Å²) >= 11 is 5.71. The minimum Gasteiger partial charge on any atom is -0.482 e. The Hall–Kier alpha value is -2.23. The predicted octanol–water partition coefficient (Wildman–Crippen LogP) is 4.36. The molecule has 3 heterocycles. The first-order valence-corrected chi connectivity index (χ1v) is 11.5. The first kappa shape index (κ1) is 22.0. The molecule has 1 saturated heterocycles. The van der Waals surface area contributed by atoms with Gasteiger partial charge < -0.3 is 10.5 Å². The molecule has 31 heavy (non-hydrogen) atoms. The van der Waals surface area contributed by atoms with Gasteiger partial charge in [0.15, 0.2) is 11.6 Å². The number of hydrogen-bond donors (Lipinski definition) is 1. The van der Waals surface area contributed by atoms with E-state index in [-0.39, 0.29) is 11.6 Å². The van der Waals surface area contributed by atoms with Crippen molar-refractivity contribution in [2.24, 2.45) is 7.05 Å². The first-order chi connectivity index (χ1) is 14.8. The molecule has 0 radical (unpaired) electrons. The van der Waals surface area contributed by atoms with Crippen LogP contribution in [0.2, 0.25) is 0 Å². The van der Waals surface area contributed by atoms with E-state index >= 15 is 0 Å². The predicted molar refractivity (Wildman–Crippen MR) is 127 cm³/mol. The second kappa shape index (κ2) is 8.72. The second-order valence-electron chi connectivity index (χ2n) is 7.30. The maximum atomic E-state index is 13.7. The lowest BCUT2D eigenvalue weighted by atomic mass is 10.0. The van der Waals surface area contributed by atoms with Gasteiger partial charge >= 0.3 is 0 Å². The van der Waals surface area contributed by atoms with E-state index in [1.54, 1.807) is 30.1 Å². The average Bonchev–Trinajstić information content (AvgIpc) is 3.32. The Labute approximate surface area is 201 Å². The number of hydrogen-bond acceptors (Lipinski definition) is 6. The van der Waals surface area contributed by atoms with Gasteiger partial charge in [0.1, 0.15) is 23.7 Å². The molecule has 2 N–H and O–H groups in total. The lowest BCUT2D eigenvalue weighted by molar-refractivity contribution is 0.226. The van der Waals surface area contributed by atoms with Crippen molar-refractivity contribution in [2.75, 3.05) is 12.3 Å². The minimum absolute atomic E-state index is 0.220. The van der Waals surface area contributed by atoms with Gasteiger partial charge in [0, 0.05) is 46.6 Å². The van der Waals surface area contributed by atoms with Crippen LogP contribution in [0, 0.1) is 20.7 Å². The molecule has 10 heteroatoms. The van der Waals surface area contributed by atoms with Crippen LogP contribution in [0.5, 0.6) is 5.75 Å². The third kappa shape index (κ3) is 4.53. The Morgan fingerprint density at radius 1 is 1.45 bits per heavy atom. The van der Waals surface area contributed by atoms with E-state index in [4.69, 9.17) is 10.5 Å². The number of pyridine rings is 1. The number of aromatic nitrogens is 3. The van der Waals surface area contributed by atoms with Crippen molar-refractivity contribution in [1.29, 1.82) is 5.26 Å². The summed E-state index contributed by atoms with van der Waals surface area (Å²) in [5.41, 5.74) is 9.41. The van der Waals surface area contributed by atoms with Crippen molar-refractivity contribution >= 4 is 44.3 Å². The Balaban J connectivity index is 1.70. The molecule has 0 spiro atoms. The van der Waals surface area contributed by atoms with Crippen LogP contribution in [0.1, 0.15) is 30.0 Å². The number of aryl methyl sites for hydroxylation is 1. The smallest absolute Gasteiger partial charge is 0.166 e. The molecule has 0 saturated carbocycles. The van der Waals surface area contributed by atoms with Crippen molar-refractivity contribution < 1.29 is 9.13 Å². The molecule has 0 aliphatic carbocycles. The normalized spacial score (nSPS) is 18.5. The fourth-order valence-corrected chi connectivity index (χ4v) is 4.68. The van der Waals surface area contributed by atoms with Crippen LogP contribution in [0.4, 0.5) is 10.2 Å². The highest BCUT2D eigenvalue weighted by Gasteiger charge is 2.33. The van der Waals surface area contributed by atoms with Crippen LogP contribution in [0.15, 0.2) is 30.5 Å². The summed E-state index contributed by atoms with van der Waals surface area (Å²) < 4.78 is 22.3. The van der Waals surface area contributed by atoms with Crippen LogP contribution >= 0.6 is 38.5 Å². The van der Waals surface area contributed by atoms with Crippen LogP contribution in [0.3, 0.4) is 0 Å². The van der Waals surface area contributed by atoms with Crippen molar-refractivity contribution in [1.82, 2.24) is 19.7 Å². The Morgan fingerprint density at radius 2 is 2.19 bits per heavy atom. The first-order valence-electron chi connectivity index (χ1n) is 9.50. The SMILES string of the molecule is C[C@@H](Oc1cc(-c2c(CN3CC3Br)nn(C)c2C#N)cnc1N)c1cc(F)ccc1I. The molecule has 1 aliphatic heterocycles. The zero-order chi connectivity index (χ0) is 22.3. The minimum atomic E-state index is -0.447. The number of alkyl halides is 1. The number of anilines is 1.